The molecule has 0 saturated carbocycles. The summed E-state index contributed by atoms with van der Waals surface area (Å²) in [6.07, 6.45) is -4.46. The number of aromatic carboxylic acids is 1. The number of carboxylic acid groups (broad SMARTS) is 2. The van der Waals surface area contributed by atoms with Crippen LogP contribution in [-0.2, 0) is 4.79 Å². The number of nitrogen functional groups attached to an aromatic ring is 1. The number of anilines is 2. The van der Waals surface area contributed by atoms with Crippen LogP contribution in [0.1, 0.15) is 41.4 Å². The number of halogens is 4. The van der Waals surface area contributed by atoms with Crippen molar-refractivity contribution >= 4 is 35.3 Å². The van der Waals surface area contributed by atoms with E-state index in [9.17, 15) is 33.0 Å². The predicted molar refractivity (Wildman–Crippen MR) is 139 cm³/mol. The van der Waals surface area contributed by atoms with Crippen LogP contribution in [0.4, 0.5) is 24.9 Å². The summed E-state index contributed by atoms with van der Waals surface area (Å²) in [6.45, 7) is 1.54. The number of ether oxygens (including phenoxy) is 1. The topological polar surface area (TPSA) is 169 Å². The normalized spacial score (nSPS) is 19.3. The van der Waals surface area contributed by atoms with Gasteiger partial charge in [-0.15, -0.1) is 0 Å². The van der Waals surface area contributed by atoms with Crippen molar-refractivity contribution in [1.29, 1.82) is 0 Å². The number of nitrogens with one attached hydrogen (secondary N) is 1. The van der Waals surface area contributed by atoms with Gasteiger partial charge in [0.05, 0.1) is 5.69 Å². The van der Waals surface area contributed by atoms with Gasteiger partial charge in [0.15, 0.2) is 5.69 Å². The van der Waals surface area contributed by atoms with Crippen LogP contribution in [0.25, 0.3) is 5.69 Å². The van der Waals surface area contributed by atoms with Gasteiger partial charge in [0.2, 0.25) is 17.9 Å². The molecule has 5 rings (SSSR count). The second-order valence-electron chi connectivity index (χ2n) is 10.1. The zero-order valence-corrected chi connectivity index (χ0v) is 22.1. The van der Waals surface area contributed by atoms with Crippen molar-refractivity contribution in [2.45, 2.75) is 37.6 Å². The van der Waals surface area contributed by atoms with E-state index in [1.54, 1.807) is 0 Å². The molecule has 2 fully saturated rings. The van der Waals surface area contributed by atoms with Gasteiger partial charge in [-0.05, 0) is 42.9 Å². The first-order valence-corrected chi connectivity index (χ1v) is 12.9. The highest BCUT2D eigenvalue weighted by Gasteiger charge is 2.46. The Balaban J connectivity index is 1.41. The van der Waals surface area contributed by atoms with Gasteiger partial charge in [0, 0.05) is 42.5 Å². The summed E-state index contributed by atoms with van der Waals surface area (Å²) in [5.74, 6) is -2.68. The zero-order chi connectivity index (χ0) is 29.5. The van der Waals surface area contributed by atoms with E-state index < -0.39 is 36.1 Å². The molecule has 3 aromatic rings. The number of nitrogens with zero attached hydrogens (tertiary/aromatic N) is 5. The zero-order valence-electron chi connectivity index (χ0n) is 21.3. The highest BCUT2D eigenvalue weighted by molar-refractivity contribution is 6.30. The van der Waals surface area contributed by atoms with Crippen molar-refractivity contribution in [2.24, 2.45) is 5.41 Å². The van der Waals surface area contributed by atoms with Crippen molar-refractivity contribution in [2.75, 3.05) is 30.3 Å². The molecule has 5 N–H and O–H groups in total. The maximum Gasteiger partial charge on any atom is 0.429 e. The van der Waals surface area contributed by atoms with E-state index in [-0.39, 0.29) is 39.1 Å². The van der Waals surface area contributed by atoms with Gasteiger partial charge in [-0.25, -0.2) is 9.48 Å². The van der Waals surface area contributed by atoms with Crippen LogP contribution >= 0.6 is 11.6 Å². The molecule has 218 valence electrons. The summed E-state index contributed by atoms with van der Waals surface area (Å²) in [7, 11) is 0. The maximum absolute atomic E-state index is 14.4. The minimum absolute atomic E-state index is 0.0978. The molecule has 1 spiro atoms. The number of nitrogens with two attached hydrogens (primary N) is 1. The van der Waals surface area contributed by atoms with Gasteiger partial charge in [0.25, 0.3) is 0 Å². The first kappa shape index (κ1) is 28.4. The molecule has 41 heavy (non-hydrogen) atoms. The summed E-state index contributed by atoms with van der Waals surface area (Å²) in [5.41, 5.74) is 4.78. The number of aliphatic carboxylic acids is 1. The second-order valence-corrected chi connectivity index (χ2v) is 10.5. The van der Waals surface area contributed by atoms with Crippen LogP contribution in [0.3, 0.4) is 0 Å². The summed E-state index contributed by atoms with van der Waals surface area (Å²) in [4.78, 5) is 32.5. The number of piperidine rings is 1. The molecule has 2 aliphatic rings. The quantitative estimate of drug-likeness (QED) is 0.316. The smallest absolute Gasteiger partial charge is 0.429 e. The minimum atomic E-state index is -4.93. The van der Waals surface area contributed by atoms with Crippen LogP contribution in [0.2, 0.25) is 5.02 Å². The molecule has 0 aliphatic carbocycles. The molecule has 0 radical (unpaired) electrons. The van der Waals surface area contributed by atoms with Crippen molar-refractivity contribution < 1.29 is 37.7 Å². The van der Waals surface area contributed by atoms with E-state index in [0.29, 0.717) is 38.9 Å². The van der Waals surface area contributed by atoms with Crippen LogP contribution in [0.15, 0.2) is 36.5 Å². The van der Waals surface area contributed by atoms with Gasteiger partial charge in [0.1, 0.15) is 11.9 Å². The van der Waals surface area contributed by atoms with Crippen molar-refractivity contribution in [3.63, 3.8) is 0 Å². The Labute approximate surface area is 235 Å². The molecule has 2 atom stereocenters. The molecule has 2 aromatic heterocycles. The standard InChI is InChI=1S/C25H25ClF3N7O5/c26-13-1-2-14(17(9-13)36-6-3-15(34-36)21(37)38)20(25(27,28)29)41-19-10-18(32-23(30)33-19)35-7-4-24(5-8-35)11-16(22(39)40)31-12-24/h1-3,6,9-10,16,20,31H,4-5,7-8,11-12H2,(H,37,38)(H,39,40)(H2,30,32,33)/t16?,20-/m1/s1. The summed E-state index contributed by atoms with van der Waals surface area (Å²) < 4.78 is 49.6. The lowest BCUT2D eigenvalue weighted by Crippen LogP contribution is -2.41. The van der Waals surface area contributed by atoms with Crippen molar-refractivity contribution in [1.82, 2.24) is 25.1 Å². The lowest BCUT2D eigenvalue weighted by atomic mass is 9.76. The van der Waals surface area contributed by atoms with Crippen LogP contribution in [0.5, 0.6) is 5.88 Å². The van der Waals surface area contributed by atoms with E-state index in [4.69, 9.17) is 22.1 Å². The summed E-state index contributed by atoms with van der Waals surface area (Å²) in [5, 5.41) is 25.5. The average molecular weight is 596 g/mol. The minimum Gasteiger partial charge on any atom is -0.480 e. The average Bonchev–Trinajstić information content (AvgIpc) is 3.56. The fourth-order valence-corrected chi connectivity index (χ4v) is 5.44. The van der Waals surface area contributed by atoms with Crippen LogP contribution in [0, 0.1) is 5.41 Å². The molecule has 12 nitrogen and oxygen atoms in total. The Morgan fingerprint density at radius 1 is 1.17 bits per heavy atom. The predicted octanol–water partition coefficient (Wildman–Crippen LogP) is 3.31. The molecule has 4 heterocycles. The lowest BCUT2D eigenvalue weighted by molar-refractivity contribution is -0.198. The Morgan fingerprint density at radius 3 is 2.51 bits per heavy atom. The molecular weight excluding hydrogens is 571 g/mol. The van der Waals surface area contributed by atoms with Crippen molar-refractivity contribution in [3.05, 3.63) is 52.8 Å². The Hall–Kier alpha value is -4.11. The monoisotopic (exact) mass is 595 g/mol. The Bertz CT molecular complexity index is 1480. The molecule has 16 heteroatoms. The molecule has 0 amide bonds. The first-order valence-electron chi connectivity index (χ1n) is 12.5. The third kappa shape index (κ3) is 6.00. The number of carbonyl (C=O) groups is 2. The molecule has 2 saturated heterocycles. The fourth-order valence-electron chi connectivity index (χ4n) is 5.27. The van der Waals surface area contributed by atoms with Gasteiger partial charge in [-0.1, -0.05) is 17.7 Å². The SMILES string of the molecule is Nc1nc(O[C@H](c2ccc(Cl)cc2-n2ccc(C(=O)O)n2)C(F)(F)F)cc(N2CCC3(CC2)CNC(C(=O)O)C3)n1. The lowest BCUT2D eigenvalue weighted by Gasteiger charge is -2.39. The van der Waals surface area contributed by atoms with E-state index in [1.807, 2.05) is 4.90 Å². The number of benzene rings is 1. The fraction of sp³-hybridized carbons (Fsp3) is 0.400. The van der Waals surface area contributed by atoms with Gasteiger partial charge in [-0.3, -0.25) is 4.79 Å². The summed E-state index contributed by atoms with van der Waals surface area (Å²) in [6, 6.07) is 5.39. The Kier molecular flexibility index (Phi) is 7.42. The van der Waals surface area contributed by atoms with Gasteiger partial charge in [-0.2, -0.15) is 28.2 Å². The van der Waals surface area contributed by atoms with Crippen LogP contribution in [-0.4, -0.2) is 73.8 Å². The van der Waals surface area contributed by atoms with Gasteiger partial charge < -0.3 is 30.9 Å². The van der Waals surface area contributed by atoms with Crippen molar-refractivity contribution in [3.8, 4) is 11.6 Å². The highest BCUT2D eigenvalue weighted by atomic mass is 35.5. The number of carboxylic acids is 2. The number of alkyl halides is 3. The molecule has 0 bridgehead atoms. The molecular formula is C25H25ClF3N7O5. The second kappa shape index (κ2) is 10.7. The molecule has 1 aromatic carbocycles. The van der Waals surface area contributed by atoms with Gasteiger partial charge >= 0.3 is 18.1 Å². The van der Waals surface area contributed by atoms with E-state index in [1.165, 1.54) is 24.4 Å². The first-order chi connectivity index (χ1) is 19.3. The largest absolute Gasteiger partial charge is 0.480 e. The maximum atomic E-state index is 14.4. The van der Waals surface area contributed by atoms with E-state index in [0.717, 1.165) is 16.8 Å². The third-order valence-electron chi connectivity index (χ3n) is 7.38. The Morgan fingerprint density at radius 2 is 1.90 bits per heavy atom. The molecule has 1 unspecified atom stereocenters. The third-order valence-corrected chi connectivity index (χ3v) is 7.61. The number of hydrogen-bond acceptors (Lipinski definition) is 9. The number of hydrogen-bond donors (Lipinski definition) is 4. The summed E-state index contributed by atoms with van der Waals surface area (Å²) >= 11 is 6.06. The number of aromatic nitrogens is 4. The van der Waals surface area contributed by atoms with Crippen LogP contribution < -0.4 is 20.7 Å². The highest BCUT2D eigenvalue weighted by Crippen LogP contribution is 2.42. The molecule has 2 aliphatic heterocycles. The van der Waals surface area contributed by atoms with E-state index in [2.05, 4.69) is 20.4 Å². The van der Waals surface area contributed by atoms with E-state index >= 15 is 0 Å². The number of rotatable bonds is 7.